The number of esters is 1. The Morgan fingerprint density at radius 2 is 2.03 bits per heavy atom. The summed E-state index contributed by atoms with van der Waals surface area (Å²) in [4.78, 5) is 37.6. The average Bonchev–Trinajstić information content (AvgIpc) is 2.64. The summed E-state index contributed by atoms with van der Waals surface area (Å²) in [5.41, 5.74) is -0.673. The zero-order valence-electron chi connectivity index (χ0n) is 18.2. The van der Waals surface area contributed by atoms with Gasteiger partial charge in [-0.15, -0.1) is 0 Å². The van der Waals surface area contributed by atoms with Crippen LogP contribution in [0, 0.1) is 13.7 Å². The standard InChI is InChI=1S/C20H28ClIN2O6Si/c1-6-30-19(26)15(12-23-9-7-8-20(2,3)31(4,5)29)18(25)14-10-13(22)11-16(17(14)21)24(27)28/h10-12,25,29H,6-9H2,1-5H3. The largest absolute Gasteiger partial charge is 0.506 e. The summed E-state index contributed by atoms with van der Waals surface area (Å²) < 4.78 is 5.46. The molecule has 8 nitrogen and oxygen atoms in total. The molecule has 0 bridgehead atoms. The third kappa shape index (κ3) is 7.54. The van der Waals surface area contributed by atoms with E-state index < -0.39 is 25.0 Å². The molecule has 0 saturated carbocycles. The fourth-order valence-corrected chi connectivity index (χ4v) is 4.18. The Balaban J connectivity index is 3.23. The first-order chi connectivity index (χ1) is 14.2. The fourth-order valence-electron chi connectivity index (χ4n) is 2.52. The quantitative estimate of drug-likeness (QED) is 0.0431. The lowest BCUT2D eigenvalue weighted by Gasteiger charge is -2.34. The first-order valence-corrected chi connectivity index (χ1v) is 14.1. The van der Waals surface area contributed by atoms with Gasteiger partial charge in [-0.25, -0.2) is 4.79 Å². The smallest absolute Gasteiger partial charge is 0.343 e. The second-order valence-electron chi connectivity index (χ2n) is 8.11. The van der Waals surface area contributed by atoms with Crippen LogP contribution in [0.4, 0.5) is 5.69 Å². The molecule has 1 aromatic carbocycles. The monoisotopic (exact) mass is 582 g/mol. The van der Waals surface area contributed by atoms with Crippen LogP contribution in [0.2, 0.25) is 23.2 Å². The summed E-state index contributed by atoms with van der Waals surface area (Å²) in [6.07, 6.45) is 2.62. The number of hydrogen-bond acceptors (Lipinski definition) is 7. The number of benzene rings is 1. The molecule has 0 fully saturated rings. The van der Waals surface area contributed by atoms with E-state index >= 15 is 0 Å². The highest BCUT2D eigenvalue weighted by molar-refractivity contribution is 14.1. The zero-order valence-corrected chi connectivity index (χ0v) is 22.2. The summed E-state index contributed by atoms with van der Waals surface area (Å²) >= 11 is 7.98. The number of nitro groups is 1. The minimum atomic E-state index is -2.33. The number of hydrogen-bond donors (Lipinski definition) is 2. The van der Waals surface area contributed by atoms with Crippen LogP contribution >= 0.6 is 34.2 Å². The Hall–Kier alpha value is -1.50. The van der Waals surface area contributed by atoms with Crippen molar-refractivity contribution < 1.29 is 24.4 Å². The zero-order chi connectivity index (χ0) is 24.0. The molecule has 0 radical (unpaired) electrons. The number of carbonyl (C=O) groups is 1. The van der Waals surface area contributed by atoms with Gasteiger partial charge in [0.25, 0.3) is 5.69 Å². The molecular formula is C20H28ClIN2O6Si. The van der Waals surface area contributed by atoms with Gasteiger partial charge in [-0.2, -0.15) is 0 Å². The molecule has 31 heavy (non-hydrogen) atoms. The molecule has 0 unspecified atom stereocenters. The molecule has 0 amide bonds. The van der Waals surface area contributed by atoms with Crippen molar-refractivity contribution in [3.8, 4) is 0 Å². The lowest BCUT2D eigenvalue weighted by atomic mass is 10.1. The summed E-state index contributed by atoms with van der Waals surface area (Å²) in [6.45, 7) is 9.88. The number of aliphatic hydroxyl groups is 1. The molecule has 0 aliphatic carbocycles. The summed E-state index contributed by atoms with van der Waals surface area (Å²) in [7, 11) is -2.33. The fraction of sp³-hybridized carbons (Fsp3) is 0.500. The van der Waals surface area contributed by atoms with E-state index in [2.05, 4.69) is 4.99 Å². The van der Waals surface area contributed by atoms with Crippen molar-refractivity contribution in [3.63, 3.8) is 0 Å². The van der Waals surface area contributed by atoms with Gasteiger partial charge in [-0.05, 0) is 66.6 Å². The molecule has 172 valence electrons. The van der Waals surface area contributed by atoms with Gasteiger partial charge >= 0.3 is 5.97 Å². The molecule has 1 rings (SSSR count). The van der Waals surface area contributed by atoms with Gasteiger partial charge in [0.15, 0.2) is 8.32 Å². The Kier molecular flexibility index (Phi) is 10.1. The van der Waals surface area contributed by atoms with Gasteiger partial charge < -0.3 is 14.6 Å². The minimum Gasteiger partial charge on any atom is -0.506 e. The number of nitro benzene ring substituents is 1. The van der Waals surface area contributed by atoms with Crippen LogP contribution in [-0.4, -0.2) is 48.5 Å². The third-order valence-corrected chi connectivity index (χ3v) is 9.77. The van der Waals surface area contributed by atoms with E-state index in [1.54, 1.807) is 6.92 Å². The van der Waals surface area contributed by atoms with Crippen molar-refractivity contribution in [2.24, 2.45) is 4.99 Å². The van der Waals surface area contributed by atoms with Crippen molar-refractivity contribution in [3.05, 3.63) is 42.0 Å². The molecule has 2 N–H and O–H groups in total. The molecule has 0 saturated heterocycles. The lowest BCUT2D eigenvalue weighted by Crippen LogP contribution is -2.39. The van der Waals surface area contributed by atoms with E-state index in [4.69, 9.17) is 16.3 Å². The molecular weight excluding hydrogens is 555 g/mol. The summed E-state index contributed by atoms with van der Waals surface area (Å²) in [6, 6.07) is 2.71. The topological polar surface area (TPSA) is 122 Å². The lowest BCUT2D eigenvalue weighted by molar-refractivity contribution is -0.384. The van der Waals surface area contributed by atoms with E-state index in [0.717, 1.165) is 6.42 Å². The van der Waals surface area contributed by atoms with Crippen LogP contribution in [0.1, 0.15) is 39.2 Å². The average molecular weight is 583 g/mol. The maximum Gasteiger partial charge on any atom is 0.343 e. The highest BCUT2D eigenvalue weighted by atomic mass is 127. The Morgan fingerprint density at radius 1 is 1.42 bits per heavy atom. The molecule has 11 heteroatoms. The molecule has 0 atom stereocenters. The molecule has 1 aromatic rings. The number of carbonyl (C=O) groups excluding carboxylic acids is 1. The number of aliphatic imine (C=N–C) groups is 1. The van der Waals surface area contributed by atoms with Crippen molar-refractivity contribution in [2.45, 2.75) is 51.7 Å². The van der Waals surface area contributed by atoms with Crippen LogP contribution < -0.4 is 0 Å². The predicted octanol–water partition coefficient (Wildman–Crippen LogP) is 5.51. The molecule has 0 aromatic heterocycles. The van der Waals surface area contributed by atoms with E-state index in [9.17, 15) is 24.8 Å². The van der Waals surface area contributed by atoms with Crippen LogP contribution in [-0.2, 0) is 9.53 Å². The molecule has 0 aliphatic heterocycles. The van der Waals surface area contributed by atoms with E-state index in [1.807, 2.05) is 49.5 Å². The Labute approximate surface area is 201 Å². The summed E-state index contributed by atoms with van der Waals surface area (Å²) in [5, 5.41) is 21.5. The second-order valence-corrected chi connectivity index (χ2v) is 14.2. The van der Waals surface area contributed by atoms with Crippen molar-refractivity contribution in [1.29, 1.82) is 0 Å². The van der Waals surface area contributed by atoms with Crippen LogP contribution in [0.5, 0.6) is 0 Å². The molecule has 0 spiro atoms. The van der Waals surface area contributed by atoms with Gasteiger partial charge in [0.05, 0.1) is 11.5 Å². The van der Waals surface area contributed by atoms with Gasteiger partial charge in [0.2, 0.25) is 0 Å². The van der Waals surface area contributed by atoms with E-state index in [1.165, 1.54) is 18.3 Å². The summed E-state index contributed by atoms with van der Waals surface area (Å²) in [5.74, 6) is -1.36. The van der Waals surface area contributed by atoms with Crippen molar-refractivity contribution >= 4 is 66.1 Å². The van der Waals surface area contributed by atoms with Crippen molar-refractivity contribution in [1.82, 2.24) is 0 Å². The van der Waals surface area contributed by atoms with Gasteiger partial charge in [0, 0.05) is 28.0 Å². The van der Waals surface area contributed by atoms with E-state index in [-0.39, 0.29) is 33.5 Å². The predicted molar refractivity (Wildman–Crippen MR) is 133 cm³/mol. The number of nitrogens with zero attached hydrogens (tertiary/aromatic N) is 2. The van der Waals surface area contributed by atoms with Gasteiger partial charge in [-0.3, -0.25) is 15.1 Å². The first-order valence-electron chi connectivity index (χ1n) is 9.69. The van der Waals surface area contributed by atoms with Crippen LogP contribution in [0.15, 0.2) is 22.7 Å². The van der Waals surface area contributed by atoms with Crippen LogP contribution in [0.3, 0.4) is 0 Å². The highest BCUT2D eigenvalue weighted by Gasteiger charge is 2.37. The molecule has 0 aliphatic rings. The van der Waals surface area contributed by atoms with E-state index in [0.29, 0.717) is 16.5 Å². The number of aliphatic hydroxyl groups excluding tert-OH is 1. The number of rotatable bonds is 10. The minimum absolute atomic E-state index is 0.0519. The normalized spacial score (nSPS) is 13.3. The number of halogens is 2. The van der Waals surface area contributed by atoms with Crippen molar-refractivity contribution in [2.75, 3.05) is 13.2 Å². The van der Waals surface area contributed by atoms with Gasteiger partial charge in [0.1, 0.15) is 16.4 Å². The Morgan fingerprint density at radius 3 is 2.55 bits per heavy atom. The van der Waals surface area contributed by atoms with Crippen LogP contribution in [0.25, 0.3) is 5.76 Å². The first kappa shape index (κ1) is 27.5. The highest BCUT2D eigenvalue weighted by Crippen LogP contribution is 2.39. The number of ether oxygens (including phenoxy) is 1. The SMILES string of the molecule is CCOC(=O)C(C=NCCCC(C)(C)[Si](C)(C)O)=C(O)c1cc(I)cc([N+](=O)[O-])c1Cl. The second kappa shape index (κ2) is 11.4. The maximum absolute atomic E-state index is 12.4. The van der Waals surface area contributed by atoms with Gasteiger partial charge in [-0.1, -0.05) is 25.4 Å². The maximum atomic E-state index is 12.4. The molecule has 0 heterocycles. The third-order valence-electron chi connectivity index (χ3n) is 5.19. The Bertz CT molecular complexity index is 896.